The van der Waals surface area contributed by atoms with E-state index in [0.29, 0.717) is 24.8 Å². The number of cyclic esters (lactones) is 1. The standard InChI is InChI=1S/C56H86N10O14/c1-12-33(7)45-54(77)66-28-18-22-39(66)50(73)60-44(31(3)4)53(76)63(10)40(24-26-43(69)70)56(79)80-47(34(8)13-2)51(74)59-36(29-35-19-15-14-16-20-35)52(75)65-27-17-21-38(65)48(71)58-30-42(68)64(11)46(32(5)6)55(78)62(9)37(49(72)61-45)23-25-41(57)67/h14-16,19-20,31-34,36-40,44-47H,12-13,17-18,21-30H2,1-11H3,(H2,57,67)(H,58,71)(H,59,74)(H,60,73)(H,61,72)(H,69,70)/t33-,34-,36-,37-,38-,39-,40-,44-,45-,46+,47-/m0/s1. The van der Waals surface area contributed by atoms with Crippen LogP contribution in [0.15, 0.2) is 30.3 Å². The highest BCUT2D eigenvalue weighted by Gasteiger charge is 2.45. The number of primary amides is 1. The molecule has 1 aromatic rings. The summed E-state index contributed by atoms with van der Waals surface area (Å²) in [6.07, 6.45) is -1.55. The van der Waals surface area contributed by atoms with E-state index in [4.69, 9.17) is 10.5 Å². The molecular formula is C56H86N10O14. The number of ether oxygens (including phenoxy) is 1. The highest BCUT2D eigenvalue weighted by molar-refractivity contribution is 5.99. The summed E-state index contributed by atoms with van der Waals surface area (Å²) in [6, 6.07) is -1.63. The van der Waals surface area contributed by atoms with Crippen molar-refractivity contribution in [2.75, 3.05) is 40.8 Å². The van der Waals surface area contributed by atoms with Gasteiger partial charge in [-0.3, -0.25) is 52.7 Å². The van der Waals surface area contributed by atoms with Gasteiger partial charge < -0.3 is 61.3 Å². The zero-order valence-corrected chi connectivity index (χ0v) is 48.4. The number of nitrogens with two attached hydrogens (primary N) is 1. The highest BCUT2D eigenvalue weighted by Crippen LogP contribution is 2.26. The lowest BCUT2D eigenvalue weighted by molar-refractivity contribution is -0.167. The van der Waals surface area contributed by atoms with Crippen molar-refractivity contribution in [2.45, 2.75) is 180 Å². The zero-order chi connectivity index (χ0) is 59.9. The molecule has 3 fully saturated rings. The Morgan fingerprint density at radius 1 is 0.637 bits per heavy atom. The zero-order valence-electron chi connectivity index (χ0n) is 48.4. The van der Waals surface area contributed by atoms with E-state index in [0.717, 1.165) is 14.7 Å². The van der Waals surface area contributed by atoms with Gasteiger partial charge in [0.2, 0.25) is 53.2 Å². The molecule has 0 spiro atoms. The van der Waals surface area contributed by atoms with E-state index in [2.05, 4.69) is 21.3 Å². The largest absolute Gasteiger partial charge is 0.481 e. The lowest BCUT2D eigenvalue weighted by Crippen LogP contribution is -2.61. The van der Waals surface area contributed by atoms with Crippen LogP contribution in [0.5, 0.6) is 0 Å². The molecule has 24 nitrogen and oxygen atoms in total. The summed E-state index contributed by atoms with van der Waals surface area (Å²) in [6.45, 7) is 13.1. The minimum absolute atomic E-state index is 0.0587. The first-order chi connectivity index (χ1) is 37.7. The summed E-state index contributed by atoms with van der Waals surface area (Å²) in [5.41, 5.74) is 6.19. The first-order valence-electron chi connectivity index (χ1n) is 28.0. The molecule has 0 saturated carbocycles. The quantitative estimate of drug-likeness (QED) is 0.140. The van der Waals surface area contributed by atoms with Crippen LogP contribution >= 0.6 is 0 Å². The summed E-state index contributed by atoms with van der Waals surface area (Å²) in [5.74, 6) is -12.2. The first-order valence-corrected chi connectivity index (χ1v) is 28.0. The van der Waals surface area contributed by atoms with Crippen molar-refractivity contribution in [3.8, 4) is 0 Å². The summed E-state index contributed by atoms with van der Waals surface area (Å²) in [4.78, 5) is 175. The maximum absolute atomic E-state index is 14.8. The maximum Gasteiger partial charge on any atom is 0.329 e. The normalized spacial score (nSPS) is 27.0. The number of carbonyl (C=O) groups excluding carboxylic acids is 11. The Morgan fingerprint density at radius 3 is 1.74 bits per heavy atom. The van der Waals surface area contributed by atoms with Crippen LogP contribution in [0.4, 0.5) is 0 Å². The van der Waals surface area contributed by atoms with E-state index in [-0.39, 0.29) is 51.6 Å². The molecule has 0 unspecified atom stereocenters. The van der Waals surface area contributed by atoms with Gasteiger partial charge in [-0.15, -0.1) is 0 Å². The van der Waals surface area contributed by atoms with Crippen LogP contribution in [0.1, 0.15) is 125 Å². The van der Waals surface area contributed by atoms with Gasteiger partial charge in [-0.1, -0.05) is 92.1 Å². The molecule has 7 N–H and O–H groups in total. The van der Waals surface area contributed by atoms with Gasteiger partial charge in [0.1, 0.15) is 48.3 Å². The number of hydrogen-bond donors (Lipinski definition) is 6. The molecule has 444 valence electrons. The molecule has 4 rings (SSSR count). The fourth-order valence-electron chi connectivity index (χ4n) is 10.5. The minimum atomic E-state index is -1.60. The van der Waals surface area contributed by atoms with Crippen molar-refractivity contribution in [3.05, 3.63) is 35.9 Å². The van der Waals surface area contributed by atoms with Gasteiger partial charge in [-0.2, -0.15) is 0 Å². The smallest absolute Gasteiger partial charge is 0.329 e. The molecule has 3 aliphatic heterocycles. The van der Waals surface area contributed by atoms with Crippen LogP contribution < -0.4 is 27.0 Å². The van der Waals surface area contributed by atoms with Crippen LogP contribution in [0.25, 0.3) is 0 Å². The van der Waals surface area contributed by atoms with Crippen molar-refractivity contribution in [2.24, 2.45) is 29.4 Å². The second-order valence-corrected chi connectivity index (χ2v) is 22.3. The number of carboxylic acids is 1. The second-order valence-electron chi connectivity index (χ2n) is 22.3. The molecular weight excluding hydrogens is 1040 g/mol. The van der Waals surface area contributed by atoms with Crippen LogP contribution in [-0.2, 0) is 68.7 Å². The Kier molecular flexibility index (Phi) is 24.4. The molecule has 24 heteroatoms. The highest BCUT2D eigenvalue weighted by atomic mass is 16.6. The van der Waals surface area contributed by atoms with Crippen LogP contribution in [0, 0.1) is 23.7 Å². The summed E-state index contributed by atoms with van der Waals surface area (Å²) in [5, 5.41) is 20.8. The lowest BCUT2D eigenvalue weighted by Gasteiger charge is -2.37. The molecule has 0 aromatic heterocycles. The van der Waals surface area contributed by atoms with E-state index in [1.165, 1.54) is 30.9 Å². The number of nitrogens with one attached hydrogen (secondary N) is 4. The molecule has 10 amide bonds. The maximum atomic E-state index is 14.8. The monoisotopic (exact) mass is 1120 g/mol. The second kappa shape index (κ2) is 29.9. The number of carboxylic acid groups (broad SMARTS) is 1. The van der Waals surface area contributed by atoms with Gasteiger partial charge in [0, 0.05) is 59.4 Å². The molecule has 0 radical (unpaired) electrons. The van der Waals surface area contributed by atoms with Crippen molar-refractivity contribution in [3.63, 3.8) is 0 Å². The first kappa shape index (κ1) is 65.4. The predicted molar refractivity (Wildman–Crippen MR) is 292 cm³/mol. The number of hydrogen-bond acceptors (Lipinski definition) is 13. The van der Waals surface area contributed by atoms with Gasteiger partial charge in [0.05, 0.1) is 6.54 Å². The van der Waals surface area contributed by atoms with Gasteiger partial charge in [0.25, 0.3) is 5.91 Å². The number of likely N-dealkylation sites (N-methyl/N-ethyl adjacent to an activating group) is 3. The fourth-order valence-corrected chi connectivity index (χ4v) is 10.5. The van der Waals surface area contributed by atoms with E-state index < -0.39 is 169 Å². The molecule has 3 saturated heterocycles. The Morgan fingerprint density at radius 2 is 1.19 bits per heavy atom. The SMILES string of the molecule is CC[C@H](C)[C@@H]1NC(=O)[C@H](CCC(N)=O)N(C)C(=O)[C@@H](C(C)C)N(C)C(=O)CNC(=O)[C@@H]2CCCN2C(=O)[C@H](Cc2ccccc2)NC(=O)[C@H]([C@@H](C)CC)OC(=O)[C@H](CCC(=O)O)N(C)C(=O)[C@H](C(C)C)NC(=O)[C@@H]2CCCN2C1=O. The third-order valence-electron chi connectivity index (χ3n) is 15.9. The molecule has 3 aliphatic rings. The molecule has 3 heterocycles. The lowest BCUT2D eigenvalue weighted by atomic mass is 9.95. The van der Waals surface area contributed by atoms with Gasteiger partial charge in [-0.05, 0) is 68.3 Å². The number of nitrogens with zero attached hydrogens (tertiary/aromatic N) is 5. The van der Waals surface area contributed by atoms with Crippen LogP contribution in [0.3, 0.4) is 0 Å². The molecule has 80 heavy (non-hydrogen) atoms. The number of rotatable bonds is 14. The number of aliphatic carboxylic acids is 1. The Balaban J connectivity index is 1.86. The number of esters is 1. The van der Waals surface area contributed by atoms with E-state index >= 15 is 0 Å². The average molecular weight is 1120 g/mol. The number of fused-ring (bicyclic) bond motifs is 2. The third-order valence-corrected chi connectivity index (χ3v) is 15.9. The van der Waals surface area contributed by atoms with E-state index in [1.807, 2.05) is 0 Å². The Hall–Kier alpha value is -7.14. The Bertz CT molecular complexity index is 2420. The van der Waals surface area contributed by atoms with Crippen LogP contribution in [0.2, 0.25) is 0 Å². The van der Waals surface area contributed by atoms with E-state index in [1.54, 1.807) is 85.7 Å². The third kappa shape index (κ3) is 16.7. The Labute approximate surface area is 469 Å². The molecule has 1 aromatic carbocycles. The van der Waals surface area contributed by atoms with Crippen molar-refractivity contribution in [1.29, 1.82) is 0 Å². The number of benzene rings is 1. The fraction of sp³-hybridized carbons (Fsp3) is 0.679. The van der Waals surface area contributed by atoms with Gasteiger partial charge >= 0.3 is 11.9 Å². The average Bonchev–Trinajstić information content (AvgIpc) is 4.12. The molecule has 0 aliphatic carbocycles. The van der Waals surface area contributed by atoms with E-state index in [9.17, 15) is 62.6 Å². The van der Waals surface area contributed by atoms with Crippen molar-refractivity contribution in [1.82, 2.24) is 45.8 Å². The molecule has 0 bridgehead atoms. The number of carbonyl (C=O) groups is 12. The summed E-state index contributed by atoms with van der Waals surface area (Å²) >= 11 is 0. The predicted octanol–water partition coefficient (Wildman–Crippen LogP) is 0.723. The van der Waals surface area contributed by atoms with Gasteiger partial charge in [-0.25, -0.2) is 4.79 Å². The molecule has 11 atom stereocenters. The van der Waals surface area contributed by atoms with Crippen molar-refractivity contribution < 1.29 is 67.4 Å². The van der Waals surface area contributed by atoms with Crippen LogP contribution in [-0.4, -0.2) is 196 Å². The minimum Gasteiger partial charge on any atom is -0.481 e. The van der Waals surface area contributed by atoms with Gasteiger partial charge in [0.15, 0.2) is 6.10 Å². The van der Waals surface area contributed by atoms with Crippen molar-refractivity contribution >= 4 is 71.0 Å². The topological polar surface area (TPSA) is 325 Å². The summed E-state index contributed by atoms with van der Waals surface area (Å²) in [7, 11) is 3.95. The number of amides is 10. The summed E-state index contributed by atoms with van der Waals surface area (Å²) < 4.78 is 5.96.